The minimum atomic E-state index is -0.398. The number of anilines is 1. The van der Waals surface area contributed by atoms with E-state index in [2.05, 4.69) is 15.5 Å². The third kappa shape index (κ3) is 3.94. The Bertz CT molecular complexity index is 681. The Morgan fingerprint density at radius 2 is 2.08 bits per heavy atom. The maximum atomic E-state index is 12.1. The van der Waals surface area contributed by atoms with Gasteiger partial charge < -0.3 is 15.2 Å². The molecular weight excluding hydrogens is 306 g/mol. The number of carbonyl (C=O) groups is 1. The van der Waals surface area contributed by atoms with Gasteiger partial charge in [-0.3, -0.25) is 9.89 Å². The Hall–Kier alpha value is -2.34. The first-order valence-corrected chi connectivity index (χ1v) is 8.46. The van der Waals surface area contributed by atoms with Crippen LogP contribution in [0, 0.1) is 0 Å². The molecule has 2 atom stereocenters. The highest BCUT2D eigenvalue weighted by atomic mass is 16.5. The average Bonchev–Trinajstić information content (AvgIpc) is 3.08. The Morgan fingerprint density at radius 3 is 2.75 bits per heavy atom. The number of aliphatic hydroxyl groups excluding tert-OH is 1. The smallest absolute Gasteiger partial charge is 0.276 e. The zero-order valence-corrected chi connectivity index (χ0v) is 13.8. The van der Waals surface area contributed by atoms with Gasteiger partial charge in [0.25, 0.3) is 5.91 Å². The molecule has 128 valence electrons. The molecule has 1 aromatic carbocycles. The number of amides is 1. The summed E-state index contributed by atoms with van der Waals surface area (Å²) in [7, 11) is 0. The first-order chi connectivity index (χ1) is 11.7. The molecule has 1 fully saturated rings. The molecule has 0 bridgehead atoms. The van der Waals surface area contributed by atoms with Gasteiger partial charge in [0.2, 0.25) is 0 Å². The maximum absolute atomic E-state index is 12.1. The molecule has 6 heteroatoms. The lowest BCUT2D eigenvalue weighted by Gasteiger charge is -2.28. The van der Waals surface area contributed by atoms with E-state index < -0.39 is 6.10 Å². The number of benzene rings is 1. The fourth-order valence-corrected chi connectivity index (χ4v) is 2.86. The number of rotatable bonds is 5. The van der Waals surface area contributed by atoms with E-state index in [0.29, 0.717) is 17.1 Å². The SMILES string of the molecule is CCc1cc(C(=O)Nc2ccc(OC3CCCCC3O)cc2)n[nH]1. The maximum Gasteiger partial charge on any atom is 0.276 e. The van der Waals surface area contributed by atoms with E-state index in [1.54, 1.807) is 30.3 Å². The predicted octanol–water partition coefficient (Wildman–Crippen LogP) is 2.91. The van der Waals surface area contributed by atoms with Crippen molar-refractivity contribution in [3.8, 4) is 5.75 Å². The van der Waals surface area contributed by atoms with E-state index in [1.807, 2.05) is 6.92 Å². The number of aryl methyl sites for hydroxylation is 1. The van der Waals surface area contributed by atoms with Crippen LogP contribution in [0.15, 0.2) is 30.3 Å². The molecule has 6 nitrogen and oxygen atoms in total. The Morgan fingerprint density at radius 1 is 1.33 bits per heavy atom. The Labute approximate surface area is 141 Å². The van der Waals surface area contributed by atoms with Gasteiger partial charge in [0, 0.05) is 11.4 Å². The number of ether oxygens (including phenoxy) is 1. The van der Waals surface area contributed by atoms with Gasteiger partial charge in [0.1, 0.15) is 11.9 Å². The van der Waals surface area contributed by atoms with Crippen molar-refractivity contribution < 1.29 is 14.6 Å². The normalized spacial score (nSPS) is 20.6. The number of hydrogen-bond acceptors (Lipinski definition) is 4. The topological polar surface area (TPSA) is 87.2 Å². The third-order valence-electron chi connectivity index (χ3n) is 4.31. The second-order valence-corrected chi connectivity index (χ2v) is 6.12. The summed E-state index contributed by atoms with van der Waals surface area (Å²) in [4.78, 5) is 12.1. The van der Waals surface area contributed by atoms with Crippen molar-refractivity contribution in [1.82, 2.24) is 10.2 Å². The van der Waals surface area contributed by atoms with Crippen molar-refractivity contribution in [3.63, 3.8) is 0 Å². The summed E-state index contributed by atoms with van der Waals surface area (Å²) in [5.74, 6) is 0.453. The molecule has 1 aliphatic rings. The molecule has 0 radical (unpaired) electrons. The molecule has 1 amide bonds. The van der Waals surface area contributed by atoms with E-state index in [-0.39, 0.29) is 12.0 Å². The van der Waals surface area contributed by atoms with Crippen LogP contribution in [-0.4, -0.2) is 33.4 Å². The highest BCUT2D eigenvalue weighted by Gasteiger charge is 2.24. The van der Waals surface area contributed by atoms with Gasteiger partial charge in [-0.2, -0.15) is 5.10 Å². The molecule has 0 aliphatic heterocycles. The van der Waals surface area contributed by atoms with Gasteiger partial charge in [-0.25, -0.2) is 0 Å². The van der Waals surface area contributed by atoms with Crippen molar-refractivity contribution in [2.75, 3.05) is 5.32 Å². The predicted molar refractivity (Wildman–Crippen MR) is 91.3 cm³/mol. The quantitative estimate of drug-likeness (QED) is 0.787. The zero-order valence-electron chi connectivity index (χ0n) is 13.8. The number of aromatic nitrogens is 2. The first kappa shape index (κ1) is 16.5. The van der Waals surface area contributed by atoms with Gasteiger partial charge in [-0.1, -0.05) is 13.3 Å². The summed E-state index contributed by atoms with van der Waals surface area (Å²) in [6.45, 7) is 2.00. The van der Waals surface area contributed by atoms with Gasteiger partial charge in [-0.15, -0.1) is 0 Å². The third-order valence-corrected chi connectivity index (χ3v) is 4.31. The monoisotopic (exact) mass is 329 g/mol. The number of H-pyrrole nitrogens is 1. The van der Waals surface area contributed by atoms with E-state index >= 15 is 0 Å². The fourth-order valence-electron chi connectivity index (χ4n) is 2.86. The van der Waals surface area contributed by atoms with Crippen LogP contribution in [0.1, 0.15) is 48.8 Å². The van der Waals surface area contributed by atoms with Crippen LogP contribution in [0.4, 0.5) is 5.69 Å². The van der Waals surface area contributed by atoms with Gasteiger partial charge >= 0.3 is 0 Å². The molecule has 2 aromatic rings. The minimum Gasteiger partial charge on any atom is -0.488 e. The molecule has 0 saturated heterocycles. The van der Waals surface area contributed by atoms with Gasteiger partial charge in [0.15, 0.2) is 5.69 Å². The van der Waals surface area contributed by atoms with Gasteiger partial charge in [0.05, 0.1) is 6.10 Å². The number of nitrogens with zero attached hydrogens (tertiary/aromatic N) is 1. The fraction of sp³-hybridized carbons (Fsp3) is 0.444. The van der Waals surface area contributed by atoms with Crippen LogP contribution in [0.2, 0.25) is 0 Å². The highest BCUT2D eigenvalue weighted by Crippen LogP contribution is 2.25. The van der Waals surface area contributed by atoms with E-state index in [0.717, 1.165) is 37.8 Å². The van der Waals surface area contributed by atoms with Crippen molar-refractivity contribution in [2.24, 2.45) is 0 Å². The Kier molecular flexibility index (Phi) is 5.15. The molecule has 24 heavy (non-hydrogen) atoms. The zero-order chi connectivity index (χ0) is 16.9. The van der Waals surface area contributed by atoms with Crippen molar-refractivity contribution in [1.29, 1.82) is 0 Å². The molecular formula is C18H23N3O3. The molecule has 2 unspecified atom stereocenters. The van der Waals surface area contributed by atoms with Crippen molar-refractivity contribution >= 4 is 11.6 Å². The standard InChI is InChI=1S/C18H23N3O3/c1-2-12-11-15(21-20-12)18(23)19-13-7-9-14(10-8-13)24-17-6-4-3-5-16(17)22/h7-11,16-17,22H,2-6H2,1H3,(H,19,23)(H,20,21). The minimum absolute atomic E-state index is 0.143. The number of hydrogen-bond donors (Lipinski definition) is 3. The molecule has 3 N–H and O–H groups in total. The molecule has 1 heterocycles. The molecule has 1 aromatic heterocycles. The Balaban J connectivity index is 1.58. The molecule has 0 spiro atoms. The molecule has 1 saturated carbocycles. The second-order valence-electron chi connectivity index (χ2n) is 6.12. The summed E-state index contributed by atoms with van der Waals surface area (Å²) >= 11 is 0. The summed E-state index contributed by atoms with van der Waals surface area (Å²) in [6.07, 6.45) is 4.07. The van der Waals surface area contributed by atoms with Crippen LogP contribution in [0.25, 0.3) is 0 Å². The number of aromatic amines is 1. The van der Waals surface area contributed by atoms with Crippen LogP contribution in [0.3, 0.4) is 0 Å². The van der Waals surface area contributed by atoms with Crippen LogP contribution >= 0.6 is 0 Å². The largest absolute Gasteiger partial charge is 0.488 e. The van der Waals surface area contributed by atoms with E-state index in [9.17, 15) is 9.90 Å². The lowest BCUT2D eigenvalue weighted by atomic mass is 9.95. The van der Waals surface area contributed by atoms with Crippen molar-refractivity contribution in [3.05, 3.63) is 41.7 Å². The molecule has 1 aliphatic carbocycles. The summed E-state index contributed by atoms with van der Waals surface area (Å²) in [5.41, 5.74) is 1.98. The van der Waals surface area contributed by atoms with Crippen LogP contribution in [0.5, 0.6) is 5.75 Å². The van der Waals surface area contributed by atoms with Gasteiger partial charge in [-0.05, 0) is 56.0 Å². The summed E-state index contributed by atoms with van der Waals surface area (Å²) in [5, 5.41) is 19.6. The van der Waals surface area contributed by atoms with Crippen LogP contribution in [-0.2, 0) is 6.42 Å². The van der Waals surface area contributed by atoms with E-state index in [1.165, 1.54) is 0 Å². The number of aliphatic hydroxyl groups is 1. The van der Waals surface area contributed by atoms with Crippen LogP contribution < -0.4 is 10.1 Å². The first-order valence-electron chi connectivity index (χ1n) is 8.46. The summed E-state index contributed by atoms with van der Waals surface area (Å²) in [6, 6.07) is 8.93. The summed E-state index contributed by atoms with van der Waals surface area (Å²) < 4.78 is 5.85. The lowest BCUT2D eigenvalue weighted by molar-refractivity contribution is 0.00688. The average molecular weight is 329 g/mol. The highest BCUT2D eigenvalue weighted by molar-refractivity contribution is 6.02. The molecule has 3 rings (SSSR count). The van der Waals surface area contributed by atoms with E-state index in [4.69, 9.17) is 4.74 Å². The lowest BCUT2D eigenvalue weighted by Crippen LogP contribution is -2.34. The van der Waals surface area contributed by atoms with Crippen molar-refractivity contribution in [2.45, 2.75) is 51.2 Å². The number of nitrogens with one attached hydrogen (secondary N) is 2. The second kappa shape index (κ2) is 7.49. The number of carbonyl (C=O) groups excluding carboxylic acids is 1.